The maximum absolute atomic E-state index is 13.0. The quantitative estimate of drug-likeness (QED) is 0.275. The predicted octanol–water partition coefficient (Wildman–Crippen LogP) is 4.88. The third-order valence-corrected chi connectivity index (χ3v) is 8.03. The van der Waals surface area contributed by atoms with Gasteiger partial charge in [0.15, 0.2) is 5.69 Å². The fourth-order valence-electron chi connectivity index (χ4n) is 5.78. The number of carbonyl (C=O) groups is 3. The summed E-state index contributed by atoms with van der Waals surface area (Å²) in [5.41, 5.74) is 3.98. The summed E-state index contributed by atoms with van der Waals surface area (Å²) in [6.45, 7) is 1.84. The highest BCUT2D eigenvalue weighted by atomic mass is 16.6. The van der Waals surface area contributed by atoms with Gasteiger partial charge in [-0.15, -0.1) is 0 Å². The van der Waals surface area contributed by atoms with E-state index in [1.807, 2.05) is 66.7 Å². The lowest BCUT2D eigenvalue weighted by Crippen LogP contribution is -2.60. The smallest absolute Gasteiger partial charge is 0.414 e. The number of aliphatic carboxylic acids is 1. The number of benzene rings is 3. The van der Waals surface area contributed by atoms with E-state index in [1.54, 1.807) is 0 Å². The van der Waals surface area contributed by atoms with Crippen molar-refractivity contribution in [3.8, 4) is 11.1 Å². The molecule has 10 heteroatoms. The largest absolute Gasteiger partial charge is 0.480 e. The molecule has 0 saturated carbocycles. The van der Waals surface area contributed by atoms with Gasteiger partial charge in [-0.25, -0.2) is 9.59 Å². The van der Waals surface area contributed by atoms with Crippen molar-refractivity contribution in [1.29, 1.82) is 0 Å². The van der Waals surface area contributed by atoms with E-state index in [1.165, 1.54) is 6.07 Å². The van der Waals surface area contributed by atoms with Crippen LogP contribution in [0.25, 0.3) is 11.1 Å². The Morgan fingerprint density at radius 2 is 1.55 bits per heavy atom. The fourth-order valence-corrected chi connectivity index (χ4v) is 5.78. The molecule has 4 aromatic rings. The summed E-state index contributed by atoms with van der Waals surface area (Å²) in [5, 5.41) is 18.8. The van der Waals surface area contributed by atoms with Crippen LogP contribution in [0.4, 0.5) is 10.7 Å². The summed E-state index contributed by atoms with van der Waals surface area (Å²) in [4.78, 5) is 40.0. The number of likely N-dealkylation sites (tertiary alicyclic amines) is 1. The number of nitrogens with zero attached hydrogens (tertiary/aromatic N) is 2. The number of aromatic nitrogens is 1. The minimum Gasteiger partial charge on any atom is -0.480 e. The van der Waals surface area contributed by atoms with E-state index >= 15 is 0 Å². The van der Waals surface area contributed by atoms with Crippen molar-refractivity contribution in [3.05, 3.63) is 107 Å². The molecule has 1 aromatic heterocycles. The second-order valence-electron chi connectivity index (χ2n) is 10.6. The van der Waals surface area contributed by atoms with Crippen LogP contribution < -0.4 is 10.6 Å². The first-order valence-electron chi connectivity index (χ1n) is 13.8. The molecule has 1 aliphatic carbocycles. The monoisotopic (exact) mass is 566 g/mol. The molecule has 0 unspecified atom stereocenters. The molecular formula is C32H30N4O6. The molecular weight excluding hydrogens is 536 g/mol. The Labute approximate surface area is 242 Å². The van der Waals surface area contributed by atoms with E-state index in [-0.39, 0.29) is 36.9 Å². The van der Waals surface area contributed by atoms with Crippen LogP contribution in [-0.4, -0.2) is 58.4 Å². The summed E-state index contributed by atoms with van der Waals surface area (Å²) in [5.74, 6) is -1.99. The van der Waals surface area contributed by atoms with Crippen molar-refractivity contribution < 1.29 is 28.8 Å². The Morgan fingerprint density at radius 3 is 2.19 bits per heavy atom. The Balaban J connectivity index is 1.04. The number of rotatable bonds is 8. The van der Waals surface area contributed by atoms with Crippen LogP contribution in [0.15, 0.2) is 89.5 Å². The van der Waals surface area contributed by atoms with Crippen molar-refractivity contribution in [2.24, 2.45) is 0 Å². The van der Waals surface area contributed by atoms with Crippen LogP contribution >= 0.6 is 0 Å². The molecule has 0 radical (unpaired) electrons. The normalized spacial score (nSPS) is 15.8. The maximum atomic E-state index is 13.0. The highest BCUT2D eigenvalue weighted by Crippen LogP contribution is 2.44. The van der Waals surface area contributed by atoms with E-state index in [4.69, 9.17) is 9.26 Å². The SMILES string of the molecule is O=C(Nc1cc(C(=O)NC2(C(=O)O)CCN(Cc3ccccc3)CC2)no1)OCC1c2ccccc2-c2ccccc21. The van der Waals surface area contributed by atoms with Crippen LogP contribution in [0, 0.1) is 0 Å². The molecule has 3 aromatic carbocycles. The number of carboxylic acids is 1. The van der Waals surface area contributed by atoms with E-state index in [0.717, 1.165) is 27.8 Å². The molecule has 3 N–H and O–H groups in total. The lowest BCUT2D eigenvalue weighted by Gasteiger charge is -2.39. The molecule has 10 nitrogen and oxygen atoms in total. The minimum atomic E-state index is -1.43. The number of fused-ring (bicyclic) bond motifs is 3. The van der Waals surface area contributed by atoms with Gasteiger partial charge in [0.25, 0.3) is 5.91 Å². The Hall–Kier alpha value is -4.96. The van der Waals surface area contributed by atoms with Gasteiger partial charge in [0.1, 0.15) is 12.1 Å². The van der Waals surface area contributed by atoms with Gasteiger partial charge < -0.3 is 19.7 Å². The molecule has 1 fully saturated rings. The van der Waals surface area contributed by atoms with Crippen LogP contribution in [0.1, 0.15) is 45.9 Å². The zero-order chi connectivity index (χ0) is 29.1. The van der Waals surface area contributed by atoms with E-state index in [9.17, 15) is 19.5 Å². The molecule has 2 amide bonds. The molecule has 0 bridgehead atoms. The molecule has 2 heterocycles. The number of hydrogen-bond acceptors (Lipinski definition) is 7. The first kappa shape index (κ1) is 27.2. The topological polar surface area (TPSA) is 134 Å². The average Bonchev–Trinajstić information content (AvgIpc) is 3.60. The first-order chi connectivity index (χ1) is 20.4. The number of hydrogen-bond donors (Lipinski definition) is 3. The zero-order valence-electron chi connectivity index (χ0n) is 22.8. The second-order valence-corrected chi connectivity index (χ2v) is 10.6. The summed E-state index contributed by atoms with van der Waals surface area (Å²) >= 11 is 0. The Morgan fingerprint density at radius 1 is 0.929 bits per heavy atom. The number of piperidine rings is 1. The number of anilines is 1. The number of carbonyl (C=O) groups excluding carboxylic acids is 2. The van der Waals surface area contributed by atoms with E-state index in [0.29, 0.717) is 19.6 Å². The van der Waals surface area contributed by atoms with Gasteiger partial charge in [-0.2, -0.15) is 0 Å². The molecule has 214 valence electrons. The van der Waals surface area contributed by atoms with Crippen LogP contribution in [-0.2, 0) is 16.1 Å². The second kappa shape index (κ2) is 11.5. The van der Waals surface area contributed by atoms with Crippen molar-refractivity contribution in [1.82, 2.24) is 15.4 Å². The third kappa shape index (κ3) is 5.48. The lowest BCUT2D eigenvalue weighted by molar-refractivity contribution is -0.146. The van der Waals surface area contributed by atoms with E-state index < -0.39 is 23.5 Å². The van der Waals surface area contributed by atoms with Crippen molar-refractivity contribution >= 4 is 23.9 Å². The van der Waals surface area contributed by atoms with E-state index in [2.05, 4.69) is 32.8 Å². The number of ether oxygens (including phenoxy) is 1. The standard InChI is InChI=1S/C32H30N4O6/c37-29(34-32(30(38)39)14-16-36(17-15-32)19-21-8-2-1-3-9-21)27-18-28(42-35-27)33-31(40)41-20-26-24-12-6-4-10-22(24)23-11-5-7-13-25(23)26/h1-13,18,26H,14-17,19-20H2,(H,33,40)(H,34,37)(H,38,39). The Kier molecular flexibility index (Phi) is 7.45. The Bertz CT molecular complexity index is 1560. The zero-order valence-corrected chi connectivity index (χ0v) is 22.8. The van der Waals surface area contributed by atoms with Gasteiger partial charge in [-0.3, -0.25) is 15.0 Å². The lowest BCUT2D eigenvalue weighted by atomic mass is 9.87. The molecule has 0 atom stereocenters. The molecule has 0 spiro atoms. The van der Waals surface area contributed by atoms with Gasteiger partial charge in [0.2, 0.25) is 5.88 Å². The summed E-state index contributed by atoms with van der Waals surface area (Å²) in [6, 6.07) is 27.2. The fraction of sp³-hybridized carbons (Fsp3) is 0.250. The van der Waals surface area contributed by atoms with Crippen molar-refractivity contribution in [3.63, 3.8) is 0 Å². The third-order valence-electron chi connectivity index (χ3n) is 8.03. The van der Waals surface area contributed by atoms with Crippen molar-refractivity contribution in [2.75, 3.05) is 25.0 Å². The molecule has 1 aliphatic heterocycles. The number of nitrogens with one attached hydrogen (secondary N) is 2. The van der Waals surface area contributed by atoms with Crippen LogP contribution in [0.5, 0.6) is 0 Å². The summed E-state index contributed by atoms with van der Waals surface area (Å²) in [7, 11) is 0. The average molecular weight is 567 g/mol. The van der Waals surface area contributed by atoms with Gasteiger partial charge in [-0.05, 0) is 40.7 Å². The minimum absolute atomic E-state index is 0.0839. The molecule has 6 rings (SSSR count). The van der Waals surface area contributed by atoms with Gasteiger partial charge in [0, 0.05) is 31.6 Å². The first-order valence-corrected chi connectivity index (χ1v) is 13.8. The van der Waals surface area contributed by atoms with Gasteiger partial charge in [0.05, 0.1) is 0 Å². The molecule has 1 saturated heterocycles. The molecule has 42 heavy (non-hydrogen) atoms. The maximum Gasteiger partial charge on any atom is 0.414 e. The molecule has 2 aliphatic rings. The van der Waals surface area contributed by atoms with Gasteiger partial charge in [-0.1, -0.05) is 84.0 Å². The van der Waals surface area contributed by atoms with Crippen molar-refractivity contribution in [2.45, 2.75) is 30.8 Å². The summed E-state index contributed by atoms with van der Waals surface area (Å²) < 4.78 is 10.6. The summed E-state index contributed by atoms with van der Waals surface area (Å²) in [6.07, 6.45) is -0.277. The van der Waals surface area contributed by atoms with Crippen LogP contribution in [0.3, 0.4) is 0 Å². The van der Waals surface area contributed by atoms with Crippen LogP contribution in [0.2, 0.25) is 0 Å². The number of carboxylic acid groups (broad SMARTS) is 1. The number of amides is 2. The predicted molar refractivity (Wildman–Crippen MR) is 154 cm³/mol. The highest BCUT2D eigenvalue weighted by Gasteiger charge is 2.43. The highest BCUT2D eigenvalue weighted by molar-refractivity contribution is 5.97. The van der Waals surface area contributed by atoms with Gasteiger partial charge >= 0.3 is 12.1 Å².